The summed E-state index contributed by atoms with van der Waals surface area (Å²) < 4.78 is 1.85. The first-order chi connectivity index (χ1) is 10.4. The number of hydrogen-bond acceptors (Lipinski definition) is 3. The van der Waals surface area contributed by atoms with Crippen LogP contribution in [0.2, 0.25) is 0 Å². The lowest BCUT2D eigenvalue weighted by Gasteiger charge is -2.31. The van der Waals surface area contributed by atoms with E-state index in [1.54, 1.807) is 17.4 Å². The Bertz CT molecular complexity index is 646. The van der Waals surface area contributed by atoms with E-state index >= 15 is 0 Å². The molecule has 0 saturated heterocycles. The largest absolute Gasteiger partial charge is 0.272 e. The summed E-state index contributed by atoms with van der Waals surface area (Å²) in [7, 11) is 0. The topological polar surface area (TPSA) is 51.0 Å². The summed E-state index contributed by atoms with van der Waals surface area (Å²) in [5.41, 5.74) is 1.38. The van der Waals surface area contributed by atoms with Crippen molar-refractivity contribution in [3.63, 3.8) is 0 Å². The highest BCUT2D eigenvalue weighted by Crippen LogP contribution is 2.24. The number of hydrogen-bond donors (Lipinski definition) is 0. The SMILES string of the molecule is C.CCN(C(=O)C(C)(C)CC)n1cc(-c2cccnc2)nc1C. The summed E-state index contributed by atoms with van der Waals surface area (Å²) in [5, 5.41) is 1.76. The van der Waals surface area contributed by atoms with Crippen LogP contribution in [0.3, 0.4) is 0 Å². The normalized spacial score (nSPS) is 11.0. The van der Waals surface area contributed by atoms with Crippen LogP contribution in [0.5, 0.6) is 0 Å². The third-order valence-corrected chi connectivity index (χ3v) is 4.07. The van der Waals surface area contributed by atoms with Gasteiger partial charge in [-0.05, 0) is 32.4 Å². The van der Waals surface area contributed by atoms with E-state index in [4.69, 9.17) is 0 Å². The summed E-state index contributed by atoms with van der Waals surface area (Å²) in [5.74, 6) is 0.900. The van der Waals surface area contributed by atoms with Crippen molar-refractivity contribution in [1.29, 1.82) is 0 Å². The van der Waals surface area contributed by atoms with Crippen LogP contribution in [0, 0.1) is 12.3 Å². The van der Waals surface area contributed by atoms with E-state index in [2.05, 4.69) is 9.97 Å². The number of pyridine rings is 1. The van der Waals surface area contributed by atoms with E-state index in [-0.39, 0.29) is 18.7 Å². The molecule has 0 bridgehead atoms. The van der Waals surface area contributed by atoms with Gasteiger partial charge in [0.1, 0.15) is 5.82 Å². The van der Waals surface area contributed by atoms with Gasteiger partial charge in [0.25, 0.3) is 0 Å². The van der Waals surface area contributed by atoms with Gasteiger partial charge in [-0.2, -0.15) is 0 Å². The minimum absolute atomic E-state index is 0. The number of carbonyl (C=O) groups excluding carboxylic acids is 1. The van der Waals surface area contributed by atoms with Crippen molar-refractivity contribution in [2.75, 3.05) is 11.6 Å². The van der Waals surface area contributed by atoms with Crippen molar-refractivity contribution in [2.24, 2.45) is 5.41 Å². The highest BCUT2D eigenvalue weighted by Gasteiger charge is 2.31. The second kappa shape index (κ2) is 7.40. The maximum Gasteiger partial charge on any atom is 0.247 e. The second-order valence-corrected chi connectivity index (χ2v) is 6.02. The Hall–Kier alpha value is -2.17. The molecule has 0 unspecified atom stereocenters. The van der Waals surface area contributed by atoms with Gasteiger partial charge in [-0.1, -0.05) is 28.2 Å². The number of aryl methyl sites for hydroxylation is 1. The van der Waals surface area contributed by atoms with Crippen LogP contribution in [0.15, 0.2) is 30.7 Å². The lowest BCUT2D eigenvalue weighted by Crippen LogP contribution is -2.47. The number of rotatable bonds is 5. The first kappa shape index (κ1) is 18.9. The first-order valence-electron chi connectivity index (χ1n) is 7.69. The second-order valence-electron chi connectivity index (χ2n) is 6.02. The third kappa shape index (κ3) is 3.78. The zero-order valence-corrected chi connectivity index (χ0v) is 14.0. The molecule has 0 radical (unpaired) electrons. The lowest BCUT2D eigenvalue weighted by atomic mass is 9.89. The van der Waals surface area contributed by atoms with Crippen LogP contribution in [0.4, 0.5) is 0 Å². The molecule has 2 aromatic heterocycles. The fraction of sp³-hybridized carbons (Fsp3) is 0.500. The van der Waals surface area contributed by atoms with Gasteiger partial charge in [-0.25, -0.2) is 14.7 Å². The summed E-state index contributed by atoms with van der Waals surface area (Å²) in [4.78, 5) is 21.5. The molecule has 5 heteroatoms. The summed E-state index contributed by atoms with van der Waals surface area (Å²) in [6.07, 6.45) is 6.21. The molecular formula is C18H28N4O. The Morgan fingerprint density at radius 3 is 2.57 bits per heavy atom. The summed E-state index contributed by atoms with van der Waals surface area (Å²) in [6.45, 7) is 10.5. The Morgan fingerprint density at radius 1 is 1.35 bits per heavy atom. The van der Waals surface area contributed by atoms with Crippen LogP contribution in [0.1, 0.15) is 47.4 Å². The van der Waals surface area contributed by atoms with Crippen LogP contribution in [-0.2, 0) is 4.79 Å². The fourth-order valence-electron chi connectivity index (χ4n) is 2.26. The smallest absolute Gasteiger partial charge is 0.247 e. The van der Waals surface area contributed by atoms with Gasteiger partial charge in [0.2, 0.25) is 5.91 Å². The highest BCUT2D eigenvalue weighted by molar-refractivity contribution is 5.90. The number of amides is 1. The average molecular weight is 316 g/mol. The molecule has 0 aliphatic rings. The molecule has 0 atom stereocenters. The van der Waals surface area contributed by atoms with E-state index in [9.17, 15) is 4.79 Å². The van der Waals surface area contributed by atoms with Crippen molar-refractivity contribution in [2.45, 2.75) is 48.5 Å². The van der Waals surface area contributed by atoms with Crippen LogP contribution in [0.25, 0.3) is 11.3 Å². The lowest BCUT2D eigenvalue weighted by molar-refractivity contribution is -0.128. The van der Waals surface area contributed by atoms with E-state index in [1.807, 2.05) is 57.6 Å². The Labute approximate surface area is 139 Å². The van der Waals surface area contributed by atoms with Gasteiger partial charge in [-0.15, -0.1) is 0 Å². The van der Waals surface area contributed by atoms with E-state index in [1.165, 1.54) is 0 Å². The standard InChI is InChI=1S/C17H24N4O.CH4/c1-6-17(4,5)16(22)20(7-2)21-12-15(19-13(21)3)14-9-8-10-18-11-14;/h8-12H,6-7H2,1-5H3;1H4. The predicted molar refractivity (Wildman–Crippen MR) is 94.8 cm³/mol. The molecule has 0 N–H and O–H groups in total. The Morgan fingerprint density at radius 2 is 2.04 bits per heavy atom. The molecule has 0 fully saturated rings. The molecular weight excluding hydrogens is 288 g/mol. The van der Waals surface area contributed by atoms with Crippen LogP contribution >= 0.6 is 0 Å². The van der Waals surface area contributed by atoms with Gasteiger partial charge in [0, 0.05) is 29.9 Å². The summed E-state index contributed by atoms with van der Waals surface area (Å²) >= 11 is 0. The van der Waals surface area contributed by atoms with E-state index in [0.29, 0.717) is 6.54 Å². The molecule has 23 heavy (non-hydrogen) atoms. The monoisotopic (exact) mass is 316 g/mol. The molecule has 0 spiro atoms. The molecule has 0 aromatic carbocycles. The molecule has 0 aliphatic carbocycles. The predicted octanol–water partition coefficient (Wildman–Crippen LogP) is 3.81. The minimum atomic E-state index is -0.388. The average Bonchev–Trinajstić information content (AvgIpc) is 2.91. The van der Waals surface area contributed by atoms with Gasteiger partial charge >= 0.3 is 0 Å². The van der Waals surface area contributed by atoms with Crippen LogP contribution < -0.4 is 5.01 Å². The van der Waals surface area contributed by atoms with Crippen molar-refractivity contribution >= 4 is 5.91 Å². The van der Waals surface area contributed by atoms with Gasteiger partial charge in [0.15, 0.2) is 0 Å². The molecule has 2 rings (SSSR count). The minimum Gasteiger partial charge on any atom is -0.272 e. The van der Waals surface area contributed by atoms with Gasteiger partial charge in [0.05, 0.1) is 11.9 Å². The highest BCUT2D eigenvalue weighted by atomic mass is 16.2. The fourth-order valence-corrected chi connectivity index (χ4v) is 2.26. The first-order valence-corrected chi connectivity index (χ1v) is 7.69. The third-order valence-electron chi connectivity index (χ3n) is 4.07. The number of aromatic nitrogens is 3. The maximum absolute atomic E-state index is 12.8. The molecule has 5 nitrogen and oxygen atoms in total. The van der Waals surface area contributed by atoms with Crippen molar-refractivity contribution < 1.29 is 4.79 Å². The van der Waals surface area contributed by atoms with E-state index < -0.39 is 0 Å². The summed E-state index contributed by atoms with van der Waals surface area (Å²) in [6, 6.07) is 3.85. The number of carbonyl (C=O) groups is 1. The van der Waals surface area contributed by atoms with Crippen molar-refractivity contribution in [3.05, 3.63) is 36.5 Å². The zero-order chi connectivity index (χ0) is 16.3. The molecule has 0 aliphatic heterocycles. The molecule has 2 heterocycles. The molecule has 0 saturated carbocycles. The van der Waals surface area contributed by atoms with Crippen LogP contribution in [-0.4, -0.2) is 27.1 Å². The van der Waals surface area contributed by atoms with Crippen molar-refractivity contribution in [1.82, 2.24) is 14.6 Å². The molecule has 126 valence electrons. The van der Waals surface area contributed by atoms with Crippen molar-refractivity contribution in [3.8, 4) is 11.3 Å². The van der Waals surface area contributed by atoms with Gasteiger partial charge in [-0.3, -0.25) is 9.78 Å². The molecule has 2 aromatic rings. The molecule has 1 amide bonds. The number of nitrogens with zero attached hydrogens (tertiary/aromatic N) is 4. The Kier molecular flexibility index (Phi) is 6.07. The van der Waals surface area contributed by atoms with Gasteiger partial charge < -0.3 is 0 Å². The quantitative estimate of drug-likeness (QED) is 0.843. The number of imidazole rings is 1. The zero-order valence-electron chi connectivity index (χ0n) is 14.0. The maximum atomic E-state index is 12.8. The Balaban J connectivity index is 0.00000264. The van der Waals surface area contributed by atoms with E-state index in [0.717, 1.165) is 23.5 Å².